The summed E-state index contributed by atoms with van der Waals surface area (Å²) in [5.74, 6) is -0.199. The monoisotopic (exact) mass is 312 g/mol. The molecule has 5 heteroatoms. The number of hydrazine groups is 1. The van der Waals surface area contributed by atoms with Crippen LogP contribution < -0.4 is 15.6 Å². The molecular weight excluding hydrogens is 292 g/mol. The Balaban J connectivity index is 1.84. The van der Waals surface area contributed by atoms with Crippen molar-refractivity contribution in [1.82, 2.24) is 10.9 Å². The first-order valence-corrected chi connectivity index (χ1v) is 7.36. The van der Waals surface area contributed by atoms with E-state index in [0.717, 1.165) is 11.1 Å². The number of carbonyl (C=O) groups is 2. The van der Waals surface area contributed by atoms with E-state index in [2.05, 4.69) is 10.9 Å². The molecule has 0 bridgehead atoms. The van der Waals surface area contributed by atoms with Gasteiger partial charge in [0.15, 0.2) is 6.10 Å². The third-order valence-corrected chi connectivity index (χ3v) is 3.32. The largest absolute Gasteiger partial charge is 0.481 e. The first-order valence-electron chi connectivity index (χ1n) is 7.36. The second kappa shape index (κ2) is 7.45. The van der Waals surface area contributed by atoms with Crippen LogP contribution in [0.3, 0.4) is 0 Å². The minimum Gasteiger partial charge on any atom is -0.481 e. The zero-order chi connectivity index (χ0) is 16.8. The molecule has 120 valence electrons. The summed E-state index contributed by atoms with van der Waals surface area (Å²) in [4.78, 5) is 23.9. The van der Waals surface area contributed by atoms with Crippen molar-refractivity contribution < 1.29 is 14.3 Å². The van der Waals surface area contributed by atoms with E-state index in [4.69, 9.17) is 4.74 Å². The van der Waals surface area contributed by atoms with Gasteiger partial charge in [0.25, 0.3) is 11.8 Å². The van der Waals surface area contributed by atoms with Crippen molar-refractivity contribution in [3.8, 4) is 5.75 Å². The minimum atomic E-state index is -0.726. The molecule has 0 radical (unpaired) electrons. The lowest BCUT2D eigenvalue weighted by Gasteiger charge is -2.15. The molecule has 2 N–H and O–H groups in total. The van der Waals surface area contributed by atoms with Crippen LogP contribution in [0.1, 0.15) is 28.4 Å². The van der Waals surface area contributed by atoms with Gasteiger partial charge in [-0.2, -0.15) is 0 Å². The summed E-state index contributed by atoms with van der Waals surface area (Å²) in [6, 6.07) is 14.5. The molecule has 5 nitrogen and oxygen atoms in total. The first kappa shape index (κ1) is 16.5. The van der Waals surface area contributed by atoms with E-state index in [9.17, 15) is 9.59 Å². The van der Waals surface area contributed by atoms with Crippen LogP contribution in [0.5, 0.6) is 5.75 Å². The Morgan fingerprint density at radius 1 is 0.870 bits per heavy atom. The first-order chi connectivity index (χ1) is 11.0. The number of ether oxygens (including phenoxy) is 1. The van der Waals surface area contributed by atoms with Crippen molar-refractivity contribution in [2.24, 2.45) is 0 Å². The fourth-order valence-electron chi connectivity index (χ4n) is 1.87. The summed E-state index contributed by atoms with van der Waals surface area (Å²) in [5, 5.41) is 0. The number of rotatable bonds is 4. The van der Waals surface area contributed by atoms with E-state index in [1.54, 1.807) is 31.2 Å². The van der Waals surface area contributed by atoms with Gasteiger partial charge in [0, 0.05) is 5.56 Å². The molecule has 0 saturated carbocycles. The summed E-state index contributed by atoms with van der Waals surface area (Å²) in [6.45, 7) is 5.53. The average molecular weight is 312 g/mol. The van der Waals surface area contributed by atoms with Gasteiger partial charge in [0.05, 0.1) is 0 Å². The van der Waals surface area contributed by atoms with Crippen LogP contribution in [-0.4, -0.2) is 17.9 Å². The third kappa shape index (κ3) is 4.85. The van der Waals surface area contributed by atoms with Crippen LogP contribution in [0.15, 0.2) is 48.5 Å². The highest BCUT2D eigenvalue weighted by Gasteiger charge is 2.15. The lowest BCUT2D eigenvalue weighted by atomic mass is 10.1. The smallest absolute Gasteiger partial charge is 0.279 e. The number of hydrogen-bond acceptors (Lipinski definition) is 3. The molecule has 2 amide bonds. The maximum absolute atomic E-state index is 12.0. The van der Waals surface area contributed by atoms with Crippen LogP contribution in [0.4, 0.5) is 0 Å². The molecular formula is C18H20N2O3. The van der Waals surface area contributed by atoms with E-state index in [0.29, 0.717) is 11.3 Å². The van der Waals surface area contributed by atoms with Gasteiger partial charge >= 0.3 is 0 Å². The van der Waals surface area contributed by atoms with E-state index in [1.165, 1.54) is 0 Å². The molecule has 0 saturated heterocycles. The zero-order valence-electron chi connectivity index (χ0n) is 13.4. The summed E-state index contributed by atoms with van der Waals surface area (Å²) >= 11 is 0. The Bertz CT molecular complexity index is 678. The maximum Gasteiger partial charge on any atom is 0.279 e. The molecule has 0 aliphatic rings. The van der Waals surface area contributed by atoms with Gasteiger partial charge in [0.1, 0.15) is 5.75 Å². The normalized spacial score (nSPS) is 11.4. The Labute approximate surface area is 135 Å². The van der Waals surface area contributed by atoms with Gasteiger partial charge in [-0.05, 0) is 45.0 Å². The number of hydrogen-bond donors (Lipinski definition) is 2. The lowest BCUT2D eigenvalue weighted by molar-refractivity contribution is -0.128. The van der Waals surface area contributed by atoms with Crippen LogP contribution in [0, 0.1) is 13.8 Å². The summed E-state index contributed by atoms with van der Waals surface area (Å²) < 4.78 is 5.52. The van der Waals surface area contributed by atoms with Gasteiger partial charge < -0.3 is 4.74 Å². The van der Waals surface area contributed by atoms with Gasteiger partial charge in [-0.25, -0.2) is 0 Å². The molecule has 2 rings (SSSR count). The highest BCUT2D eigenvalue weighted by atomic mass is 16.5. The lowest BCUT2D eigenvalue weighted by Crippen LogP contribution is -2.47. The Morgan fingerprint density at radius 2 is 1.39 bits per heavy atom. The third-order valence-electron chi connectivity index (χ3n) is 3.32. The molecule has 0 aliphatic heterocycles. The van der Waals surface area contributed by atoms with Crippen molar-refractivity contribution in [3.05, 3.63) is 65.2 Å². The molecule has 1 atom stereocenters. The Morgan fingerprint density at radius 3 is 1.96 bits per heavy atom. The van der Waals surface area contributed by atoms with E-state index in [1.807, 2.05) is 38.1 Å². The van der Waals surface area contributed by atoms with Crippen LogP contribution >= 0.6 is 0 Å². The van der Waals surface area contributed by atoms with E-state index < -0.39 is 12.0 Å². The molecule has 0 fully saturated rings. The van der Waals surface area contributed by atoms with Gasteiger partial charge in [-0.15, -0.1) is 0 Å². The van der Waals surface area contributed by atoms with Gasteiger partial charge in [0.2, 0.25) is 0 Å². The predicted octanol–water partition coefficient (Wildman–Crippen LogP) is 2.53. The average Bonchev–Trinajstić information content (AvgIpc) is 2.55. The summed E-state index contributed by atoms with van der Waals surface area (Å²) in [5.41, 5.74) is 7.39. The van der Waals surface area contributed by atoms with Gasteiger partial charge in [-0.1, -0.05) is 35.4 Å². The van der Waals surface area contributed by atoms with E-state index >= 15 is 0 Å². The highest BCUT2D eigenvalue weighted by Crippen LogP contribution is 2.13. The van der Waals surface area contributed by atoms with Crippen LogP contribution in [0.25, 0.3) is 0 Å². The summed E-state index contributed by atoms with van der Waals surface area (Å²) in [6.07, 6.45) is -0.726. The standard InChI is InChI=1S/C18H20N2O3/c1-12-4-8-15(9-5-12)18(22)20-19-17(21)14(3)23-16-10-6-13(2)7-11-16/h4-11,14H,1-3H3,(H,19,21)(H,20,22). The fraction of sp³-hybridized carbons (Fsp3) is 0.222. The van der Waals surface area contributed by atoms with Crippen LogP contribution in [-0.2, 0) is 4.79 Å². The minimum absolute atomic E-state index is 0.374. The Hall–Kier alpha value is -2.82. The molecule has 0 aliphatic carbocycles. The number of aryl methyl sites for hydroxylation is 2. The van der Waals surface area contributed by atoms with Crippen molar-refractivity contribution in [1.29, 1.82) is 0 Å². The molecule has 2 aromatic carbocycles. The van der Waals surface area contributed by atoms with Crippen molar-refractivity contribution in [2.45, 2.75) is 26.9 Å². The number of nitrogens with one attached hydrogen (secondary N) is 2. The topological polar surface area (TPSA) is 67.4 Å². The quantitative estimate of drug-likeness (QED) is 0.853. The van der Waals surface area contributed by atoms with E-state index in [-0.39, 0.29) is 5.91 Å². The molecule has 0 aromatic heterocycles. The van der Waals surface area contributed by atoms with Crippen molar-refractivity contribution >= 4 is 11.8 Å². The highest BCUT2D eigenvalue weighted by molar-refractivity contribution is 5.95. The molecule has 0 heterocycles. The van der Waals surface area contributed by atoms with Crippen molar-refractivity contribution in [3.63, 3.8) is 0 Å². The Kier molecular flexibility index (Phi) is 5.36. The molecule has 23 heavy (non-hydrogen) atoms. The number of amides is 2. The van der Waals surface area contributed by atoms with Gasteiger partial charge in [-0.3, -0.25) is 20.4 Å². The molecule has 2 aromatic rings. The fourth-order valence-corrected chi connectivity index (χ4v) is 1.87. The number of carbonyl (C=O) groups excluding carboxylic acids is 2. The molecule has 0 spiro atoms. The SMILES string of the molecule is Cc1ccc(OC(C)C(=O)NNC(=O)c2ccc(C)cc2)cc1. The number of benzene rings is 2. The zero-order valence-corrected chi connectivity index (χ0v) is 13.4. The molecule has 1 unspecified atom stereocenters. The predicted molar refractivity (Wildman–Crippen MR) is 88.1 cm³/mol. The summed E-state index contributed by atoms with van der Waals surface area (Å²) in [7, 11) is 0. The van der Waals surface area contributed by atoms with Crippen molar-refractivity contribution in [2.75, 3.05) is 0 Å². The second-order valence-electron chi connectivity index (χ2n) is 5.38. The van der Waals surface area contributed by atoms with Crippen LogP contribution in [0.2, 0.25) is 0 Å². The maximum atomic E-state index is 12.0. The second-order valence-corrected chi connectivity index (χ2v) is 5.38.